The highest BCUT2D eigenvalue weighted by Crippen LogP contribution is 2.34. The molecule has 0 saturated carbocycles. The van der Waals surface area contributed by atoms with Crippen molar-refractivity contribution in [3.63, 3.8) is 0 Å². The van der Waals surface area contributed by atoms with Gasteiger partial charge in [-0.2, -0.15) is 4.98 Å². The number of aromatic nitrogens is 2. The summed E-state index contributed by atoms with van der Waals surface area (Å²) in [5.41, 5.74) is 2.57. The molecule has 0 N–H and O–H groups in total. The summed E-state index contributed by atoms with van der Waals surface area (Å²) in [6.45, 7) is 2.67. The lowest BCUT2D eigenvalue weighted by Gasteiger charge is -2.22. The standard InChI is InChI=1S/C21H21N3O3/c1-14-8-3-4-9-15(14)19-22-20(27-23-19)17-11-7-13-24(17)21(25)16-10-5-6-12-18(16)26-2/h3-6,8-10,12,17H,7,11,13H2,1-2H3/t17-/m0/s1. The molecule has 2 heterocycles. The molecule has 0 bridgehead atoms. The van der Waals surface area contributed by atoms with E-state index in [2.05, 4.69) is 10.1 Å². The predicted octanol–water partition coefficient (Wildman–Crippen LogP) is 4.03. The van der Waals surface area contributed by atoms with Crippen LogP contribution < -0.4 is 4.74 Å². The number of likely N-dealkylation sites (tertiary alicyclic amines) is 1. The minimum atomic E-state index is -0.215. The SMILES string of the molecule is COc1ccccc1C(=O)N1CCC[C@H]1c1nc(-c2ccccc2C)no1. The summed E-state index contributed by atoms with van der Waals surface area (Å²) < 4.78 is 10.9. The first-order chi connectivity index (χ1) is 13.2. The number of rotatable bonds is 4. The monoisotopic (exact) mass is 363 g/mol. The third-order valence-electron chi connectivity index (χ3n) is 4.96. The topological polar surface area (TPSA) is 68.5 Å². The van der Waals surface area contributed by atoms with E-state index in [9.17, 15) is 4.79 Å². The van der Waals surface area contributed by atoms with Crippen LogP contribution in [0.5, 0.6) is 5.75 Å². The molecule has 1 aliphatic rings. The van der Waals surface area contributed by atoms with Crippen LogP contribution in [0.25, 0.3) is 11.4 Å². The van der Waals surface area contributed by atoms with Crippen LogP contribution in [0.4, 0.5) is 0 Å². The fourth-order valence-electron chi connectivity index (χ4n) is 3.55. The van der Waals surface area contributed by atoms with Gasteiger partial charge in [0.15, 0.2) is 0 Å². The molecule has 1 atom stereocenters. The van der Waals surface area contributed by atoms with Crippen LogP contribution in [0.15, 0.2) is 53.1 Å². The lowest BCUT2D eigenvalue weighted by molar-refractivity contribution is 0.0706. The molecule has 1 amide bonds. The van der Waals surface area contributed by atoms with E-state index in [0.29, 0.717) is 29.6 Å². The summed E-state index contributed by atoms with van der Waals surface area (Å²) >= 11 is 0. The van der Waals surface area contributed by atoms with E-state index in [4.69, 9.17) is 9.26 Å². The second kappa shape index (κ2) is 7.23. The molecule has 1 aliphatic heterocycles. The van der Waals surface area contributed by atoms with Gasteiger partial charge in [0.05, 0.1) is 12.7 Å². The fraction of sp³-hybridized carbons (Fsp3) is 0.286. The van der Waals surface area contributed by atoms with E-state index < -0.39 is 0 Å². The molecule has 6 heteroatoms. The number of aryl methyl sites for hydroxylation is 1. The fourth-order valence-corrected chi connectivity index (χ4v) is 3.55. The minimum absolute atomic E-state index is 0.0782. The number of hydrogen-bond acceptors (Lipinski definition) is 5. The summed E-state index contributed by atoms with van der Waals surface area (Å²) in [6, 6.07) is 15.0. The van der Waals surface area contributed by atoms with Crippen molar-refractivity contribution >= 4 is 5.91 Å². The van der Waals surface area contributed by atoms with Gasteiger partial charge < -0.3 is 14.2 Å². The van der Waals surface area contributed by atoms with Gasteiger partial charge in [0.1, 0.15) is 11.8 Å². The van der Waals surface area contributed by atoms with Gasteiger partial charge in [0.25, 0.3) is 5.91 Å². The molecular formula is C21H21N3O3. The number of benzene rings is 2. The second-order valence-corrected chi connectivity index (χ2v) is 6.63. The molecular weight excluding hydrogens is 342 g/mol. The van der Waals surface area contributed by atoms with Crippen molar-refractivity contribution < 1.29 is 14.1 Å². The maximum atomic E-state index is 13.1. The number of nitrogens with zero attached hydrogens (tertiary/aromatic N) is 3. The van der Waals surface area contributed by atoms with Crippen LogP contribution in [0.1, 0.15) is 40.7 Å². The Morgan fingerprint density at radius 2 is 1.96 bits per heavy atom. The van der Waals surface area contributed by atoms with Crippen molar-refractivity contribution in [2.24, 2.45) is 0 Å². The summed E-state index contributed by atoms with van der Waals surface area (Å²) in [7, 11) is 1.57. The number of ether oxygens (including phenoxy) is 1. The van der Waals surface area contributed by atoms with Gasteiger partial charge in [0.2, 0.25) is 11.7 Å². The summed E-state index contributed by atoms with van der Waals surface area (Å²) in [6.07, 6.45) is 1.70. The van der Waals surface area contributed by atoms with E-state index in [1.807, 2.05) is 43.3 Å². The van der Waals surface area contributed by atoms with Gasteiger partial charge in [-0.25, -0.2) is 0 Å². The second-order valence-electron chi connectivity index (χ2n) is 6.63. The molecule has 27 heavy (non-hydrogen) atoms. The average molecular weight is 363 g/mol. The van der Waals surface area contributed by atoms with Gasteiger partial charge in [-0.1, -0.05) is 41.6 Å². The molecule has 1 aromatic heterocycles. The maximum Gasteiger partial charge on any atom is 0.258 e. The van der Waals surface area contributed by atoms with E-state index in [1.165, 1.54) is 0 Å². The van der Waals surface area contributed by atoms with Crippen LogP contribution in [0.3, 0.4) is 0 Å². The van der Waals surface area contributed by atoms with Crippen LogP contribution in [-0.2, 0) is 0 Å². The number of methoxy groups -OCH3 is 1. The molecule has 3 aromatic rings. The molecule has 0 aliphatic carbocycles. The molecule has 0 unspecified atom stereocenters. The van der Waals surface area contributed by atoms with Crippen molar-refractivity contribution in [2.75, 3.05) is 13.7 Å². The number of hydrogen-bond donors (Lipinski definition) is 0. The molecule has 2 aromatic carbocycles. The Bertz CT molecular complexity index is 967. The van der Waals surface area contributed by atoms with Gasteiger partial charge in [-0.3, -0.25) is 4.79 Å². The number of carbonyl (C=O) groups excluding carboxylic acids is 1. The lowest BCUT2D eigenvalue weighted by atomic mass is 10.1. The highest BCUT2D eigenvalue weighted by Gasteiger charge is 2.35. The highest BCUT2D eigenvalue weighted by molar-refractivity contribution is 5.97. The smallest absolute Gasteiger partial charge is 0.258 e. The molecule has 1 fully saturated rings. The van der Waals surface area contributed by atoms with Crippen molar-refractivity contribution in [3.8, 4) is 17.1 Å². The van der Waals surface area contributed by atoms with Crippen molar-refractivity contribution in [3.05, 3.63) is 65.5 Å². The molecule has 1 saturated heterocycles. The Balaban J connectivity index is 1.63. The normalized spacial score (nSPS) is 16.5. The number of para-hydroxylation sites is 1. The molecule has 0 spiro atoms. The summed E-state index contributed by atoms with van der Waals surface area (Å²) in [5, 5.41) is 4.14. The predicted molar refractivity (Wildman–Crippen MR) is 100 cm³/mol. The van der Waals surface area contributed by atoms with E-state index in [-0.39, 0.29) is 11.9 Å². The molecule has 138 valence electrons. The van der Waals surface area contributed by atoms with Gasteiger partial charge in [-0.05, 0) is 37.5 Å². The highest BCUT2D eigenvalue weighted by atomic mass is 16.5. The summed E-state index contributed by atoms with van der Waals surface area (Å²) in [4.78, 5) is 19.5. The van der Waals surface area contributed by atoms with E-state index in [0.717, 1.165) is 24.0 Å². The Morgan fingerprint density at radius 1 is 1.19 bits per heavy atom. The lowest BCUT2D eigenvalue weighted by Crippen LogP contribution is -2.31. The van der Waals surface area contributed by atoms with Crippen molar-refractivity contribution in [1.82, 2.24) is 15.0 Å². The number of amides is 1. The Labute approximate surface area is 157 Å². The van der Waals surface area contributed by atoms with E-state index >= 15 is 0 Å². The first kappa shape index (κ1) is 17.3. The Kier molecular flexibility index (Phi) is 4.62. The Hall–Kier alpha value is -3.15. The van der Waals surface area contributed by atoms with Crippen LogP contribution in [0.2, 0.25) is 0 Å². The summed E-state index contributed by atoms with van der Waals surface area (Å²) in [5.74, 6) is 1.53. The van der Waals surface area contributed by atoms with Gasteiger partial charge >= 0.3 is 0 Å². The van der Waals surface area contributed by atoms with Crippen LogP contribution in [0, 0.1) is 6.92 Å². The first-order valence-corrected chi connectivity index (χ1v) is 9.02. The minimum Gasteiger partial charge on any atom is -0.496 e. The van der Waals surface area contributed by atoms with Gasteiger partial charge in [0, 0.05) is 12.1 Å². The Morgan fingerprint density at radius 3 is 2.78 bits per heavy atom. The van der Waals surface area contributed by atoms with Crippen LogP contribution in [-0.4, -0.2) is 34.6 Å². The van der Waals surface area contributed by atoms with Crippen molar-refractivity contribution in [2.45, 2.75) is 25.8 Å². The first-order valence-electron chi connectivity index (χ1n) is 9.02. The zero-order valence-electron chi connectivity index (χ0n) is 15.4. The molecule has 4 rings (SSSR count). The third kappa shape index (κ3) is 3.18. The molecule has 0 radical (unpaired) electrons. The largest absolute Gasteiger partial charge is 0.496 e. The van der Waals surface area contributed by atoms with Crippen molar-refractivity contribution in [1.29, 1.82) is 0 Å². The number of carbonyl (C=O) groups is 1. The third-order valence-corrected chi connectivity index (χ3v) is 4.96. The maximum absolute atomic E-state index is 13.1. The molecule has 6 nitrogen and oxygen atoms in total. The zero-order valence-corrected chi connectivity index (χ0v) is 15.4. The quantitative estimate of drug-likeness (QED) is 0.700. The van der Waals surface area contributed by atoms with Gasteiger partial charge in [-0.15, -0.1) is 0 Å². The van der Waals surface area contributed by atoms with E-state index in [1.54, 1.807) is 24.1 Å². The average Bonchev–Trinajstić information content (AvgIpc) is 3.37. The zero-order chi connectivity index (χ0) is 18.8. The van der Waals surface area contributed by atoms with Crippen LogP contribution >= 0.6 is 0 Å².